The first-order chi connectivity index (χ1) is 9.22. The predicted molar refractivity (Wildman–Crippen MR) is 68.4 cm³/mol. The number of hydrogen-bond acceptors (Lipinski definition) is 3. The molecule has 0 aromatic heterocycles. The van der Waals surface area contributed by atoms with Crippen molar-refractivity contribution in [3.8, 4) is 17.6 Å². The predicted octanol–water partition coefficient (Wildman–Crippen LogP) is 3.28. The number of rotatable bonds is 4. The monoisotopic (exact) mass is 257 g/mol. The molecule has 2 rings (SSSR count). The molecule has 0 unspecified atom stereocenters. The Balaban J connectivity index is 2.11. The number of nitrogens with zero attached hydrogens (tertiary/aromatic N) is 1. The fraction of sp³-hybridized carbons (Fsp3) is 0.133. The van der Waals surface area contributed by atoms with Gasteiger partial charge in [-0.1, -0.05) is 12.1 Å². The standard InChI is InChI=1S/C15H12FNO2/c1-18-15-8-12(9-17)4-7-14(15)19-10-11-2-5-13(16)6-3-11/h2-8H,10H2,1H3. The molecule has 19 heavy (non-hydrogen) atoms. The van der Waals surface area contributed by atoms with E-state index in [-0.39, 0.29) is 5.82 Å². The van der Waals surface area contributed by atoms with Gasteiger partial charge in [-0.3, -0.25) is 0 Å². The zero-order valence-electron chi connectivity index (χ0n) is 10.4. The van der Waals surface area contributed by atoms with E-state index in [9.17, 15) is 4.39 Å². The number of nitriles is 1. The van der Waals surface area contributed by atoms with Crippen LogP contribution in [0.15, 0.2) is 42.5 Å². The van der Waals surface area contributed by atoms with Gasteiger partial charge in [0.15, 0.2) is 11.5 Å². The Morgan fingerprint density at radius 3 is 2.47 bits per heavy atom. The van der Waals surface area contributed by atoms with E-state index in [0.29, 0.717) is 23.7 Å². The maximum absolute atomic E-state index is 12.8. The van der Waals surface area contributed by atoms with Crippen molar-refractivity contribution in [1.29, 1.82) is 5.26 Å². The Labute approximate surface area is 110 Å². The van der Waals surface area contributed by atoms with Gasteiger partial charge in [-0.05, 0) is 29.8 Å². The third-order valence-corrected chi connectivity index (χ3v) is 2.60. The zero-order chi connectivity index (χ0) is 13.7. The molecule has 0 atom stereocenters. The van der Waals surface area contributed by atoms with E-state index >= 15 is 0 Å². The van der Waals surface area contributed by atoms with Crippen LogP contribution in [0.5, 0.6) is 11.5 Å². The summed E-state index contributed by atoms with van der Waals surface area (Å²) in [7, 11) is 1.52. The molecule has 0 aliphatic rings. The number of ether oxygens (including phenoxy) is 2. The van der Waals surface area contributed by atoms with Crippen LogP contribution in [-0.4, -0.2) is 7.11 Å². The van der Waals surface area contributed by atoms with Crippen LogP contribution in [-0.2, 0) is 6.61 Å². The summed E-state index contributed by atoms with van der Waals surface area (Å²) in [5.41, 5.74) is 1.36. The molecule has 0 N–H and O–H groups in total. The van der Waals surface area contributed by atoms with Crippen LogP contribution in [0.4, 0.5) is 4.39 Å². The van der Waals surface area contributed by atoms with Gasteiger partial charge in [-0.15, -0.1) is 0 Å². The largest absolute Gasteiger partial charge is 0.493 e. The summed E-state index contributed by atoms with van der Waals surface area (Å²) in [6.45, 7) is 0.308. The highest BCUT2D eigenvalue weighted by Crippen LogP contribution is 2.28. The van der Waals surface area contributed by atoms with Crippen LogP contribution < -0.4 is 9.47 Å². The molecule has 2 aromatic rings. The van der Waals surface area contributed by atoms with E-state index in [1.165, 1.54) is 19.2 Å². The fourth-order valence-electron chi connectivity index (χ4n) is 1.60. The van der Waals surface area contributed by atoms with Gasteiger partial charge in [0.2, 0.25) is 0 Å². The van der Waals surface area contributed by atoms with E-state index < -0.39 is 0 Å². The molecule has 96 valence electrons. The van der Waals surface area contributed by atoms with Gasteiger partial charge >= 0.3 is 0 Å². The minimum atomic E-state index is -0.278. The molecule has 4 heteroatoms. The van der Waals surface area contributed by atoms with Gasteiger partial charge in [0.05, 0.1) is 18.7 Å². The lowest BCUT2D eigenvalue weighted by molar-refractivity contribution is 0.284. The fourth-order valence-corrected chi connectivity index (χ4v) is 1.60. The van der Waals surface area contributed by atoms with E-state index in [4.69, 9.17) is 14.7 Å². The number of hydrogen-bond donors (Lipinski definition) is 0. The van der Waals surface area contributed by atoms with Crippen molar-refractivity contribution in [2.45, 2.75) is 6.61 Å². The highest BCUT2D eigenvalue weighted by molar-refractivity contribution is 5.46. The summed E-state index contributed by atoms with van der Waals surface area (Å²) in [5, 5.41) is 8.80. The van der Waals surface area contributed by atoms with Crippen molar-refractivity contribution < 1.29 is 13.9 Å². The smallest absolute Gasteiger partial charge is 0.162 e. The number of halogens is 1. The van der Waals surface area contributed by atoms with Crippen LogP contribution in [0.2, 0.25) is 0 Å². The van der Waals surface area contributed by atoms with Crippen molar-refractivity contribution in [2.24, 2.45) is 0 Å². The molecule has 0 bridgehead atoms. The summed E-state index contributed by atoms with van der Waals surface area (Å²) >= 11 is 0. The Hall–Kier alpha value is -2.54. The first kappa shape index (κ1) is 12.9. The van der Waals surface area contributed by atoms with Crippen molar-refractivity contribution in [1.82, 2.24) is 0 Å². The minimum Gasteiger partial charge on any atom is -0.493 e. The summed E-state index contributed by atoms with van der Waals surface area (Å²) in [6.07, 6.45) is 0. The first-order valence-electron chi connectivity index (χ1n) is 5.68. The van der Waals surface area contributed by atoms with Crippen molar-refractivity contribution in [2.75, 3.05) is 7.11 Å². The molecular formula is C15H12FNO2. The van der Waals surface area contributed by atoms with E-state index in [0.717, 1.165) is 5.56 Å². The first-order valence-corrected chi connectivity index (χ1v) is 5.68. The van der Waals surface area contributed by atoms with Crippen molar-refractivity contribution in [3.63, 3.8) is 0 Å². The van der Waals surface area contributed by atoms with Gasteiger partial charge in [-0.25, -0.2) is 4.39 Å². The maximum Gasteiger partial charge on any atom is 0.162 e. The third kappa shape index (κ3) is 3.23. The van der Waals surface area contributed by atoms with E-state index in [1.54, 1.807) is 30.3 Å². The average Bonchev–Trinajstić information content (AvgIpc) is 2.46. The summed E-state index contributed by atoms with van der Waals surface area (Å²) < 4.78 is 23.5. The second-order valence-electron chi connectivity index (χ2n) is 3.89. The van der Waals surface area contributed by atoms with Crippen molar-refractivity contribution in [3.05, 3.63) is 59.4 Å². The van der Waals surface area contributed by atoms with E-state index in [2.05, 4.69) is 0 Å². The van der Waals surface area contributed by atoms with Crippen LogP contribution in [0.1, 0.15) is 11.1 Å². The molecule has 0 saturated carbocycles. The topological polar surface area (TPSA) is 42.2 Å². The molecule has 0 aliphatic heterocycles. The third-order valence-electron chi connectivity index (χ3n) is 2.60. The quantitative estimate of drug-likeness (QED) is 0.844. The van der Waals surface area contributed by atoms with Gasteiger partial charge in [0, 0.05) is 6.07 Å². The van der Waals surface area contributed by atoms with Gasteiger partial charge in [0.1, 0.15) is 12.4 Å². The molecular weight excluding hydrogens is 245 g/mol. The molecule has 0 saturated heterocycles. The molecule has 2 aromatic carbocycles. The lowest BCUT2D eigenvalue weighted by Gasteiger charge is -2.10. The minimum absolute atomic E-state index is 0.278. The Morgan fingerprint density at radius 1 is 1.11 bits per heavy atom. The number of methoxy groups -OCH3 is 1. The lowest BCUT2D eigenvalue weighted by Crippen LogP contribution is -1.98. The number of benzene rings is 2. The molecule has 0 spiro atoms. The SMILES string of the molecule is COc1cc(C#N)ccc1OCc1ccc(F)cc1. The summed E-state index contributed by atoms with van der Waals surface area (Å²) in [6, 6.07) is 13.1. The van der Waals surface area contributed by atoms with Crippen LogP contribution in [0.25, 0.3) is 0 Å². The molecule has 0 amide bonds. The van der Waals surface area contributed by atoms with Crippen LogP contribution in [0, 0.1) is 17.1 Å². The Kier molecular flexibility index (Phi) is 3.99. The van der Waals surface area contributed by atoms with Crippen molar-refractivity contribution >= 4 is 0 Å². The van der Waals surface area contributed by atoms with Gasteiger partial charge in [-0.2, -0.15) is 5.26 Å². The Morgan fingerprint density at radius 2 is 1.84 bits per heavy atom. The molecule has 3 nitrogen and oxygen atoms in total. The highest BCUT2D eigenvalue weighted by Gasteiger charge is 2.06. The molecule has 0 aliphatic carbocycles. The van der Waals surface area contributed by atoms with Crippen LogP contribution in [0.3, 0.4) is 0 Å². The summed E-state index contributed by atoms with van der Waals surface area (Å²) in [4.78, 5) is 0. The van der Waals surface area contributed by atoms with Crippen LogP contribution >= 0.6 is 0 Å². The zero-order valence-corrected chi connectivity index (χ0v) is 10.4. The second kappa shape index (κ2) is 5.87. The average molecular weight is 257 g/mol. The van der Waals surface area contributed by atoms with Gasteiger partial charge < -0.3 is 9.47 Å². The van der Waals surface area contributed by atoms with E-state index in [1.807, 2.05) is 6.07 Å². The lowest BCUT2D eigenvalue weighted by atomic mass is 10.2. The molecule has 0 radical (unpaired) electrons. The molecule has 0 fully saturated rings. The van der Waals surface area contributed by atoms with Gasteiger partial charge in [0.25, 0.3) is 0 Å². The maximum atomic E-state index is 12.8. The molecule has 0 heterocycles. The Bertz CT molecular complexity index is 603. The second-order valence-corrected chi connectivity index (χ2v) is 3.89. The highest BCUT2D eigenvalue weighted by atomic mass is 19.1. The normalized spacial score (nSPS) is 9.74. The summed E-state index contributed by atoms with van der Waals surface area (Å²) in [5.74, 6) is 0.770.